The number of amides is 1. The molecule has 0 aromatic carbocycles. The molecule has 0 unspecified atom stereocenters. The maximum absolute atomic E-state index is 12.4. The van der Waals surface area contributed by atoms with Crippen LogP contribution in [0.2, 0.25) is 0 Å². The first-order valence-corrected chi connectivity index (χ1v) is 9.20. The molecule has 3 aromatic rings. The molecule has 1 N–H and O–H groups in total. The van der Waals surface area contributed by atoms with Crippen LogP contribution < -0.4 is 5.32 Å². The molecule has 0 saturated heterocycles. The van der Waals surface area contributed by atoms with Gasteiger partial charge >= 0.3 is 0 Å². The number of nitrogens with one attached hydrogen (secondary N) is 1. The molecular formula is C16H17N5OS2. The van der Waals surface area contributed by atoms with E-state index in [-0.39, 0.29) is 5.91 Å². The van der Waals surface area contributed by atoms with E-state index in [0.29, 0.717) is 17.3 Å². The maximum atomic E-state index is 12.4. The van der Waals surface area contributed by atoms with E-state index in [2.05, 4.69) is 39.1 Å². The van der Waals surface area contributed by atoms with Crippen LogP contribution in [0.1, 0.15) is 45.8 Å². The van der Waals surface area contributed by atoms with Crippen molar-refractivity contribution in [1.82, 2.24) is 25.3 Å². The van der Waals surface area contributed by atoms with Gasteiger partial charge in [-0.1, -0.05) is 13.8 Å². The minimum absolute atomic E-state index is 0.106. The van der Waals surface area contributed by atoms with Crippen LogP contribution in [0.15, 0.2) is 24.0 Å². The van der Waals surface area contributed by atoms with Gasteiger partial charge in [0.05, 0.1) is 29.1 Å². The zero-order valence-electron chi connectivity index (χ0n) is 13.6. The highest BCUT2D eigenvalue weighted by molar-refractivity contribution is 7.14. The highest BCUT2D eigenvalue weighted by Crippen LogP contribution is 2.25. The second kappa shape index (κ2) is 7.14. The fraction of sp³-hybridized carbons (Fsp3) is 0.312. The third-order valence-corrected chi connectivity index (χ3v) is 5.65. The van der Waals surface area contributed by atoms with Crippen LogP contribution in [0.4, 0.5) is 0 Å². The van der Waals surface area contributed by atoms with Crippen LogP contribution in [0.5, 0.6) is 0 Å². The van der Waals surface area contributed by atoms with Crippen molar-refractivity contribution < 1.29 is 4.79 Å². The van der Waals surface area contributed by atoms with Gasteiger partial charge in [-0.05, 0) is 6.92 Å². The lowest BCUT2D eigenvalue weighted by Gasteiger charge is -2.01. The predicted octanol–water partition coefficient (Wildman–Crippen LogP) is 3.42. The molecule has 0 bridgehead atoms. The molecular weight excluding hydrogens is 342 g/mol. The molecule has 24 heavy (non-hydrogen) atoms. The van der Waals surface area contributed by atoms with Gasteiger partial charge in [-0.25, -0.2) is 9.97 Å². The Labute approximate surface area is 148 Å². The van der Waals surface area contributed by atoms with Crippen LogP contribution in [0, 0.1) is 6.92 Å². The predicted molar refractivity (Wildman–Crippen MR) is 95.3 cm³/mol. The summed E-state index contributed by atoms with van der Waals surface area (Å²) in [7, 11) is 0. The fourth-order valence-corrected chi connectivity index (χ4v) is 3.81. The molecule has 0 aliphatic rings. The molecule has 0 spiro atoms. The third-order valence-electron chi connectivity index (χ3n) is 3.28. The zero-order valence-corrected chi connectivity index (χ0v) is 15.2. The Morgan fingerprint density at radius 2 is 2.12 bits per heavy atom. The molecule has 0 saturated carbocycles. The Morgan fingerprint density at radius 1 is 1.29 bits per heavy atom. The number of hydrogen-bond donors (Lipinski definition) is 1. The van der Waals surface area contributed by atoms with Crippen molar-refractivity contribution in [3.05, 3.63) is 45.2 Å². The van der Waals surface area contributed by atoms with Crippen molar-refractivity contribution in [2.75, 3.05) is 0 Å². The quantitative estimate of drug-likeness (QED) is 0.755. The van der Waals surface area contributed by atoms with Crippen LogP contribution >= 0.6 is 22.7 Å². The molecule has 8 heteroatoms. The molecule has 0 fully saturated rings. The van der Waals surface area contributed by atoms with Crippen molar-refractivity contribution in [3.8, 4) is 10.7 Å². The summed E-state index contributed by atoms with van der Waals surface area (Å²) >= 11 is 2.94. The Morgan fingerprint density at radius 3 is 2.79 bits per heavy atom. The highest BCUT2D eigenvalue weighted by atomic mass is 32.1. The Balaban J connectivity index is 1.66. The van der Waals surface area contributed by atoms with Gasteiger partial charge in [0.15, 0.2) is 0 Å². The van der Waals surface area contributed by atoms with E-state index >= 15 is 0 Å². The van der Waals surface area contributed by atoms with Gasteiger partial charge in [0.2, 0.25) is 0 Å². The number of nitrogens with zero attached hydrogens (tertiary/aromatic N) is 4. The van der Waals surface area contributed by atoms with Crippen molar-refractivity contribution in [2.24, 2.45) is 0 Å². The molecule has 3 rings (SSSR count). The maximum Gasteiger partial charge on any atom is 0.263 e. The standard InChI is InChI=1S/C16H17N5OS2/c1-9(2)15-20-10(3)13(24-15)14(22)19-6-11-8-23-16(21-11)12-7-17-4-5-18-12/h4-5,7-9H,6H2,1-3H3,(H,19,22). The summed E-state index contributed by atoms with van der Waals surface area (Å²) in [4.78, 5) is 30.3. The van der Waals surface area contributed by atoms with Crippen LogP contribution in [-0.2, 0) is 6.54 Å². The monoisotopic (exact) mass is 359 g/mol. The summed E-state index contributed by atoms with van der Waals surface area (Å²) in [5, 5.41) is 6.61. The summed E-state index contributed by atoms with van der Waals surface area (Å²) < 4.78 is 0. The first-order chi connectivity index (χ1) is 11.5. The Kier molecular flexibility index (Phi) is 4.96. The summed E-state index contributed by atoms with van der Waals surface area (Å²) in [5.74, 6) is 0.217. The van der Waals surface area contributed by atoms with Crippen molar-refractivity contribution in [2.45, 2.75) is 33.2 Å². The third kappa shape index (κ3) is 3.65. The van der Waals surface area contributed by atoms with Gasteiger partial charge in [-0.15, -0.1) is 22.7 Å². The molecule has 0 aliphatic heterocycles. The van der Waals surface area contributed by atoms with E-state index < -0.39 is 0 Å². The summed E-state index contributed by atoms with van der Waals surface area (Å²) in [6, 6.07) is 0. The Bertz CT molecular complexity index is 841. The van der Waals surface area contributed by atoms with Gasteiger partial charge < -0.3 is 5.32 Å². The van der Waals surface area contributed by atoms with Gasteiger partial charge in [0.25, 0.3) is 5.91 Å². The minimum atomic E-state index is -0.106. The molecule has 124 valence electrons. The van der Waals surface area contributed by atoms with Crippen molar-refractivity contribution in [3.63, 3.8) is 0 Å². The van der Waals surface area contributed by atoms with Crippen LogP contribution in [0.3, 0.4) is 0 Å². The van der Waals surface area contributed by atoms with Gasteiger partial charge in [0, 0.05) is 23.7 Å². The first-order valence-electron chi connectivity index (χ1n) is 7.51. The minimum Gasteiger partial charge on any atom is -0.346 e. The fourth-order valence-electron chi connectivity index (χ4n) is 2.04. The van der Waals surface area contributed by atoms with Gasteiger partial charge in [-0.3, -0.25) is 14.8 Å². The lowest BCUT2D eigenvalue weighted by Crippen LogP contribution is -2.22. The van der Waals surface area contributed by atoms with E-state index in [1.54, 1.807) is 18.6 Å². The normalized spacial score (nSPS) is 11.0. The van der Waals surface area contributed by atoms with Crippen molar-refractivity contribution >= 4 is 28.6 Å². The molecule has 0 atom stereocenters. The highest BCUT2D eigenvalue weighted by Gasteiger charge is 2.17. The molecule has 6 nitrogen and oxygen atoms in total. The number of aromatic nitrogens is 4. The smallest absolute Gasteiger partial charge is 0.263 e. The van der Waals surface area contributed by atoms with E-state index in [0.717, 1.165) is 27.1 Å². The van der Waals surface area contributed by atoms with Crippen molar-refractivity contribution in [1.29, 1.82) is 0 Å². The molecule has 0 radical (unpaired) electrons. The number of rotatable bonds is 5. The Hall–Kier alpha value is -2.19. The van der Waals surface area contributed by atoms with E-state index in [1.165, 1.54) is 22.7 Å². The number of carbonyl (C=O) groups excluding carboxylic acids is 1. The summed E-state index contributed by atoms with van der Waals surface area (Å²) in [5.41, 5.74) is 2.32. The largest absolute Gasteiger partial charge is 0.346 e. The topological polar surface area (TPSA) is 80.7 Å². The van der Waals surface area contributed by atoms with E-state index in [4.69, 9.17) is 0 Å². The molecule has 0 aliphatic carbocycles. The van der Waals surface area contributed by atoms with Crippen LogP contribution in [0.25, 0.3) is 10.7 Å². The summed E-state index contributed by atoms with van der Waals surface area (Å²) in [6.45, 7) is 6.39. The van der Waals surface area contributed by atoms with Crippen LogP contribution in [-0.4, -0.2) is 25.8 Å². The average Bonchev–Trinajstić information content (AvgIpc) is 3.20. The average molecular weight is 359 g/mol. The van der Waals surface area contributed by atoms with E-state index in [9.17, 15) is 4.79 Å². The molecule has 1 amide bonds. The summed E-state index contributed by atoms with van der Waals surface area (Å²) in [6.07, 6.45) is 4.94. The molecule has 3 aromatic heterocycles. The zero-order chi connectivity index (χ0) is 17.1. The van der Waals surface area contributed by atoms with E-state index in [1.807, 2.05) is 12.3 Å². The lowest BCUT2D eigenvalue weighted by molar-refractivity contribution is 0.0953. The second-order valence-corrected chi connectivity index (χ2v) is 7.43. The number of hydrogen-bond acceptors (Lipinski definition) is 7. The molecule has 3 heterocycles. The number of carbonyl (C=O) groups is 1. The SMILES string of the molecule is Cc1nc(C(C)C)sc1C(=O)NCc1csc(-c2cnccn2)n1. The second-order valence-electron chi connectivity index (χ2n) is 5.54. The first kappa shape index (κ1) is 16.7. The lowest BCUT2D eigenvalue weighted by atomic mass is 10.2. The number of thiazole rings is 2. The van der Waals surface area contributed by atoms with Gasteiger partial charge in [0.1, 0.15) is 15.6 Å². The van der Waals surface area contributed by atoms with Gasteiger partial charge in [-0.2, -0.15) is 0 Å². The number of aryl methyl sites for hydroxylation is 1.